The molecule has 0 radical (unpaired) electrons. The zero-order chi connectivity index (χ0) is 15.8. The molecule has 0 amide bonds. The van der Waals surface area contributed by atoms with E-state index in [-0.39, 0.29) is 10.5 Å². The van der Waals surface area contributed by atoms with E-state index in [9.17, 15) is 0 Å². The second-order valence-electron chi connectivity index (χ2n) is 8.14. The van der Waals surface area contributed by atoms with Gasteiger partial charge in [-0.2, -0.15) is 0 Å². The van der Waals surface area contributed by atoms with E-state index in [1.54, 1.807) is 0 Å². The summed E-state index contributed by atoms with van der Waals surface area (Å²) in [5.74, 6) is 0.965. The summed E-state index contributed by atoms with van der Waals surface area (Å²) in [4.78, 5) is 0. The van der Waals surface area contributed by atoms with Crippen LogP contribution in [-0.2, 0) is 12.0 Å². The van der Waals surface area contributed by atoms with Crippen LogP contribution in [0, 0.1) is 0 Å². The summed E-state index contributed by atoms with van der Waals surface area (Å²) >= 11 is 0. The zero-order valence-electron chi connectivity index (χ0n) is 14.4. The summed E-state index contributed by atoms with van der Waals surface area (Å²) in [7, 11) is -1.81. The van der Waals surface area contributed by atoms with Gasteiger partial charge in [0.1, 0.15) is 5.75 Å². The Morgan fingerprint density at radius 1 is 1.05 bits per heavy atom. The minimum absolute atomic E-state index is 0.138. The average Bonchev–Trinajstić information content (AvgIpc) is 2.26. The standard InChI is InChI=1S/C17H31NOSi/c1-16(2,3)14-9-10-15(13(11-14)12-18)19-20(7,8)17(4,5)6/h9-11H,12,18H2,1-8H3. The van der Waals surface area contributed by atoms with Crippen LogP contribution >= 0.6 is 0 Å². The maximum absolute atomic E-state index is 6.41. The van der Waals surface area contributed by atoms with Gasteiger partial charge in [-0.3, -0.25) is 0 Å². The summed E-state index contributed by atoms with van der Waals surface area (Å²) in [6, 6.07) is 6.47. The van der Waals surface area contributed by atoms with E-state index < -0.39 is 8.32 Å². The number of benzene rings is 1. The molecule has 0 aliphatic rings. The third-order valence-corrected chi connectivity index (χ3v) is 8.66. The minimum atomic E-state index is -1.81. The number of hydrogen-bond donors (Lipinski definition) is 1. The van der Waals surface area contributed by atoms with Crippen molar-refractivity contribution in [1.29, 1.82) is 0 Å². The highest BCUT2D eigenvalue weighted by molar-refractivity contribution is 6.74. The van der Waals surface area contributed by atoms with Gasteiger partial charge in [0, 0.05) is 12.1 Å². The van der Waals surface area contributed by atoms with E-state index in [1.165, 1.54) is 5.56 Å². The predicted molar refractivity (Wildman–Crippen MR) is 90.9 cm³/mol. The normalized spacial score (nSPS) is 13.4. The van der Waals surface area contributed by atoms with Gasteiger partial charge in [-0.15, -0.1) is 0 Å². The molecule has 0 saturated heterocycles. The fourth-order valence-electron chi connectivity index (χ4n) is 1.73. The Labute approximate surface area is 125 Å². The van der Waals surface area contributed by atoms with Gasteiger partial charge >= 0.3 is 0 Å². The predicted octanol–water partition coefficient (Wildman–Crippen LogP) is 4.83. The van der Waals surface area contributed by atoms with Crippen LogP contribution in [0.4, 0.5) is 0 Å². The van der Waals surface area contributed by atoms with Crippen molar-refractivity contribution in [1.82, 2.24) is 0 Å². The lowest BCUT2D eigenvalue weighted by Gasteiger charge is -2.37. The molecule has 0 saturated carbocycles. The Hall–Kier alpha value is -0.803. The first-order valence-corrected chi connectivity index (χ1v) is 10.3. The quantitative estimate of drug-likeness (QED) is 0.810. The van der Waals surface area contributed by atoms with E-state index in [0.717, 1.165) is 11.3 Å². The molecule has 0 heterocycles. The monoisotopic (exact) mass is 293 g/mol. The Kier molecular flexibility index (Phi) is 4.77. The Morgan fingerprint density at radius 3 is 2.00 bits per heavy atom. The van der Waals surface area contributed by atoms with Crippen LogP contribution in [0.2, 0.25) is 18.1 Å². The van der Waals surface area contributed by atoms with Gasteiger partial charge in [0.25, 0.3) is 0 Å². The summed E-state index contributed by atoms with van der Waals surface area (Å²) < 4.78 is 6.41. The van der Waals surface area contributed by atoms with Gasteiger partial charge in [-0.05, 0) is 35.2 Å². The van der Waals surface area contributed by atoms with Crippen molar-refractivity contribution in [3.05, 3.63) is 29.3 Å². The summed E-state index contributed by atoms with van der Waals surface area (Å²) in [5, 5.41) is 0.196. The van der Waals surface area contributed by atoms with Crippen LogP contribution in [0.5, 0.6) is 5.75 Å². The van der Waals surface area contributed by atoms with E-state index in [2.05, 4.69) is 72.8 Å². The van der Waals surface area contributed by atoms with Crippen molar-refractivity contribution in [2.45, 2.75) is 71.6 Å². The third kappa shape index (κ3) is 3.86. The van der Waals surface area contributed by atoms with Crippen molar-refractivity contribution in [2.75, 3.05) is 0 Å². The van der Waals surface area contributed by atoms with Crippen molar-refractivity contribution >= 4 is 8.32 Å². The number of nitrogens with two attached hydrogens (primary N) is 1. The molecule has 1 rings (SSSR count). The molecule has 0 spiro atoms. The lowest BCUT2D eigenvalue weighted by molar-refractivity contribution is 0.486. The third-order valence-electron chi connectivity index (χ3n) is 4.32. The summed E-state index contributed by atoms with van der Waals surface area (Å²) in [5.41, 5.74) is 8.48. The highest BCUT2D eigenvalue weighted by Crippen LogP contribution is 2.38. The molecule has 0 aliphatic carbocycles. The van der Waals surface area contributed by atoms with E-state index in [4.69, 9.17) is 10.2 Å². The molecular weight excluding hydrogens is 262 g/mol. The van der Waals surface area contributed by atoms with Crippen LogP contribution in [0.15, 0.2) is 18.2 Å². The van der Waals surface area contributed by atoms with Crippen LogP contribution in [0.25, 0.3) is 0 Å². The first-order valence-electron chi connectivity index (χ1n) is 7.41. The lowest BCUT2D eigenvalue weighted by atomic mass is 9.86. The van der Waals surface area contributed by atoms with Crippen LogP contribution in [0.3, 0.4) is 0 Å². The van der Waals surface area contributed by atoms with Crippen LogP contribution in [0.1, 0.15) is 52.7 Å². The van der Waals surface area contributed by atoms with Gasteiger partial charge < -0.3 is 10.2 Å². The average molecular weight is 294 g/mol. The second kappa shape index (κ2) is 5.53. The summed E-state index contributed by atoms with van der Waals surface area (Å²) in [6.07, 6.45) is 0. The maximum Gasteiger partial charge on any atom is 0.250 e. The van der Waals surface area contributed by atoms with Crippen molar-refractivity contribution in [3.63, 3.8) is 0 Å². The molecule has 0 unspecified atom stereocenters. The Balaban J connectivity index is 3.15. The maximum atomic E-state index is 6.41. The molecule has 0 aromatic heterocycles. The minimum Gasteiger partial charge on any atom is -0.543 e. The van der Waals surface area contributed by atoms with Crippen LogP contribution in [-0.4, -0.2) is 8.32 Å². The molecule has 0 fully saturated rings. The number of hydrogen-bond acceptors (Lipinski definition) is 2. The molecular formula is C17H31NOSi. The molecule has 2 nitrogen and oxygen atoms in total. The highest BCUT2D eigenvalue weighted by atomic mass is 28.4. The molecule has 2 N–H and O–H groups in total. The SMILES string of the molecule is CC(C)(C)c1ccc(O[Si](C)(C)C(C)(C)C)c(CN)c1. The van der Waals surface area contributed by atoms with E-state index >= 15 is 0 Å². The summed E-state index contributed by atoms with van der Waals surface area (Å²) in [6.45, 7) is 18.5. The Morgan fingerprint density at radius 2 is 1.60 bits per heavy atom. The molecule has 114 valence electrons. The molecule has 0 atom stereocenters. The van der Waals surface area contributed by atoms with Gasteiger partial charge in [0.2, 0.25) is 8.32 Å². The van der Waals surface area contributed by atoms with Crippen molar-refractivity contribution < 1.29 is 4.43 Å². The molecule has 20 heavy (non-hydrogen) atoms. The first-order chi connectivity index (χ1) is 8.88. The molecule has 1 aromatic carbocycles. The van der Waals surface area contributed by atoms with Gasteiger partial charge in [0.15, 0.2) is 0 Å². The van der Waals surface area contributed by atoms with Gasteiger partial charge in [-0.25, -0.2) is 0 Å². The zero-order valence-corrected chi connectivity index (χ0v) is 15.4. The van der Waals surface area contributed by atoms with Crippen LogP contribution < -0.4 is 10.2 Å². The van der Waals surface area contributed by atoms with Crippen molar-refractivity contribution in [2.24, 2.45) is 5.73 Å². The fraction of sp³-hybridized carbons (Fsp3) is 0.647. The van der Waals surface area contributed by atoms with Crippen molar-refractivity contribution in [3.8, 4) is 5.75 Å². The topological polar surface area (TPSA) is 35.2 Å². The lowest BCUT2D eigenvalue weighted by Crippen LogP contribution is -2.44. The smallest absolute Gasteiger partial charge is 0.250 e. The molecule has 0 aliphatic heterocycles. The molecule has 0 bridgehead atoms. The van der Waals surface area contributed by atoms with Gasteiger partial charge in [0.05, 0.1) is 0 Å². The van der Waals surface area contributed by atoms with E-state index in [1.807, 2.05) is 0 Å². The largest absolute Gasteiger partial charge is 0.543 e. The second-order valence-corrected chi connectivity index (χ2v) is 12.9. The van der Waals surface area contributed by atoms with Gasteiger partial charge in [-0.1, -0.05) is 53.7 Å². The molecule has 1 aromatic rings. The van der Waals surface area contributed by atoms with E-state index in [0.29, 0.717) is 6.54 Å². The molecule has 3 heteroatoms. The fourth-order valence-corrected chi connectivity index (χ4v) is 2.79. The number of rotatable bonds is 3. The highest BCUT2D eigenvalue weighted by Gasteiger charge is 2.39. The Bertz CT molecular complexity index is 467. The first kappa shape index (κ1) is 17.2.